The van der Waals surface area contributed by atoms with Crippen LogP contribution in [0.25, 0.3) is 11.1 Å². The molecule has 17 heavy (non-hydrogen) atoms. The van der Waals surface area contributed by atoms with Crippen LogP contribution < -0.4 is 11.1 Å². The Balaban J connectivity index is 2.18. The molecule has 3 N–H and O–H groups in total. The fraction of sp³-hybridized carbons (Fsp3) is 0.167. The Morgan fingerprint density at radius 2 is 2.18 bits per heavy atom. The van der Waals surface area contributed by atoms with E-state index in [1.807, 2.05) is 18.2 Å². The first-order valence-electron chi connectivity index (χ1n) is 5.38. The van der Waals surface area contributed by atoms with Crippen molar-refractivity contribution >= 4 is 17.5 Å². The lowest BCUT2D eigenvalue weighted by molar-refractivity contribution is -0.116. The smallest absolute Gasteiger partial charge is 0.230 e. The van der Waals surface area contributed by atoms with Gasteiger partial charge in [0.05, 0.1) is 17.4 Å². The maximum absolute atomic E-state index is 11.5. The Morgan fingerprint density at radius 1 is 1.29 bits per heavy atom. The summed E-state index contributed by atoms with van der Waals surface area (Å²) in [5.41, 5.74) is 9.20. The number of aromatic nitrogens is 1. The molecule has 2 heterocycles. The number of para-hydroxylation sites is 1. The summed E-state index contributed by atoms with van der Waals surface area (Å²) in [6.45, 7) is 0. The quantitative estimate of drug-likeness (QED) is 0.781. The van der Waals surface area contributed by atoms with Crippen LogP contribution in [0.15, 0.2) is 28.9 Å². The first kappa shape index (κ1) is 9.89. The van der Waals surface area contributed by atoms with Crippen LogP contribution >= 0.6 is 0 Å². The number of fused-ring (bicyclic) bond motifs is 1. The van der Waals surface area contributed by atoms with Crippen molar-refractivity contribution in [2.24, 2.45) is 0 Å². The van der Waals surface area contributed by atoms with E-state index in [2.05, 4.69) is 10.5 Å². The lowest BCUT2D eigenvalue weighted by Gasteiger charge is -2.19. The molecule has 2 aromatic rings. The second-order valence-electron chi connectivity index (χ2n) is 3.99. The summed E-state index contributed by atoms with van der Waals surface area (Å²) < 4.78 is 4.85. The van der Waals surface area contributed by atoms with Crippen LogP contribution in [-0.4, -0.2) is 11.1 Å². The molecule has 1 aliphatic rings. The summed E-state index contributed by atoms with van der Waals surface area (Å²) >= 11 is 0. The van der Waals surface area contributed by atoms with E-state index < -0.39 is 0 Å². The van der Waals surface area contributed by atoms with Crippen molar-refractivity contribution in [2.75, 3.05) is 11.1 Å². The maximum atomic E-state index is 11.5. The Labute approximate surface area is 97.6 Å². The van der Waals surface area contributed by atoms with Gasteiger partial charge in [-0.1, -0.05) is 23.4 Å². The van der Waals surface area contributed by atoms with E-state index in [1.54, 1.807) is 6.20 Å². The third-order valence-corrected chi connectivity index (χ3v) is 2.93. The molecular weight excluding hydrogens is 218 g/mol. The molecule has 5 heteroatoms. The minimum absolute atomic E-state index is 0.0278. The Morgan fingerprint density at radius 3 is 2.94 bits per heavy atom. The summed E-state index contributed by atoms with van der Waals surface area (Å²) in [5.74, 6) is 0.290. The highest BCUT2D eigenvalue weighted by molar-refractivity contribution is 5.99. The van der Waals surface area contributed by atoms with Crippen LogP contribution in [0.4, 0.5) is 11.6 Å². The molecule has 5 nitrogen and oxygen atoms in total. The van der Waals surface area contributed by atoms with Crippen molar-refractivity contribution in [1.82, 2.24) is 5.16 Å². The zero-order chi connectivity index (χ0) is 11.8. The van der Waals surface area contributed by atoms with E-state index in [9.17, 15) is 4.79 Å². The van der Waals surface area contributed by atoms with Crippen LogP contribution in [0.3, 0.4) is 0 Å². The second-order valence-corrected chi connectivity index (χ2v) is 3.99. The summed E-state index contributed by atoms with van der Waals surface area (Å²) in [7, 11) is 0. The topological polar surface area (TPSA) is 81.2 Å². The lowest BCUT2D eigenvalue weighted by Crippen LogP contribution is -2.19. The first-order chi connectivity index (χ1) is 8.25. The first-order valence-corrected chi connectivity index (χ1v) is 5.38. The largest absolute Gasteiger partial charge is 0.367 e. The lowest BCUT2D eigenvalue weighted by atomic mass is 9.96. The molecule has 86 valence electrons. The zero-order valence-corrected chi connectivity index (χ0v) is 9.06. The summed E-state index contributed by atoms with van der Waals surface area (Å²) in [4.78, 5) is 11.5. The van der Waals surface area contributed by atoms with Gasteiger partial charge in [0.25, 0.3) is 0 Å². The second kappa shape index (κ2) is 3.62. The zero-order valence-electron chi connectivity index (χ0n) is 9.06. The van der Waals surface area contributed by atoms with Crippen LogP contribution in [-0.2, 0) is 11.2 Å². The summed E-state index contributed by atoms with van der Waals surface area (Å²) in [6, 6.07) is 5.84. The number of nitrogen functional groups attached to an aromatic ring is 1. The van der Waals surface area contributed by atoms with Crippen molar-refractivity contribution in [3.05, 3.63) is 30.0 Å². The van der Waals surface area contributed by atoms with Gasteiger partial charge in [-0.15, -0.1) is 0 Å². The molecule has 1 amide bonds. The molecule has 0 aliphatic carbocycles. The average Bonchev–Trinajstić information content (AvgIpc) is 2.74. The number of rotatable bonds is 1. The number of anilines is 2. The Hall–Kier alpha value is -2.30. The maximum Gasteiger partial charge on any atom is 0.230 e. The number of amides is 1. The number of nitrogens with one attached hydrogen (secondary N) is 1. The van der Waals surface area contributed by atoms with Crippen LogP contribution in [0.2, 0.25) is 0 Å². The van der Waals surface area contributed by atoms with E-state index in [4.69, 9.17) is 10.3 Å². The van der Waals surface area contributed by atoms with Crippen LogP contribution in [0.1, 0.15) is 12.0 Å². The summed E-state index contributed by atoms with van der Waals surface area (Å²) in [5, 5.41) is 6.53. The normalized spacial score (nSPS) is 14.2. The van der Waals surface area contributed by atoms with E-state index in [0.29, 0.717) is 12.0 Å². The molecule has 0 fully saturated rings. The third-order valence-electron chi connectivity index (χ3n) is 2.93. The molecule has 0 bridgehead atoms. The van der Waals surface area contributed by atoms with Crippen molar-refractivity contribution < 1.29 is 9.32 Å². The molecule has 0 saturated carbocycles. The molecule has 1 aromatic heterocycles. The van der Waals surface area contributed by atoms with Crippen molar-refractivity contribution in [3.8, 4) is 11.1 Å². The van der Waals surface area contributed by atoms with Gasteiger partial charge in [-0.3, -0.25) is 4.79 Å². The van der Waals surface area contributed by atoms with Gasteiger partial charge in [-0.2, -0.15) is 0 Å². The predicted molar refractivity (Wildman–Crippen MR) is 63.3 cm³/mol. The molecule has 1 aliphatic heterocycles. The number of benzene rings is 1. The minimum atomic E-state index is 0.0278. The Bertz CT molecular complexity index is 589. The fourth-order valence-electron chi connectivity index (χ4n) is 2.08. The number of carbonyl (C=O) groups excluding carboxylic acids is 1. The number of aryl methyl sites for hydroxylation is 1. The fourth-order valence-corrected chi connectivity index (χ4v) is 2.08. The Kier molecular flexibility index (Phi) is 2.11. The standard InChI is InChI=1S/C12H11N3O2/c13-12-9(6-14-17-12)8-3-1-2-7-4-5-10(16)15-11(7)8/h1-3,6H,4-5,13H2,(H,15,16). The summed E-state index contributed by atoms with van der Waals surface area (Å²) in [6.07, 6.45) is 2.83. The highest BCUT2D eigenvalue weighted by Crippen LogP contribution is 2.36. The van der Waals surface area contributed by atoms with Crippen LogP contribution in [0.5, 0.6) is 0 Å². The molecule has 0 spiro atoms. The third kappa shape index (κ3) is 1.56. The van der Waals surface area contributed by atoms with Gasteiger partial charge >= 0.3 is 0 Å². The molecule has 1 aromatic carbocycles. The predicted octanol–water partition coefficient (Wildman–Crippen LogP) is 1.81. The van der Waals surface area contributed by atoms with Crippen molar-refractivity contribution in [1.29, 1.82) is 0 Å². The molecule has 0 unspecified atom stereocenters. The van der Waals surface area contributed by atoms with Gasteiger partial charge in [0.2, 0.25) is 11.8 Å². The van der Waals surface area contributed by atoms with Gasteiger partial charge in [-0.05, 0) is 12.0 Å². The van der Waals surface area contributed by atoms with E-state index >= 15 is 0 Å². The highest BCUT2D eigenvalue weighted by atomic mass is 16.5. The molecule has 0 atom stereocenters. The number of nitrogens with zero attached hydrogens (tertiary/aromatic N) is 1. The van der Waals surface area contributed by atoms with Gasteiger partial charge in [0.1, 0.15) is 0 Å². The van der Waals surface area contributed by atoms with Gasteiger partial charge < -0.3 is 15.6 Å². The highest BCUT2D eigenvalue weighted by Gasteiger charge is 2.20. The van der Waals surface area contributed by atoms with E-state index in [-0.39, 0.29) is 11.8 Å². The van der Waals surface area contributed by atoms with E-state index in [1.165, 1.54) is 0 Å². The molecular formula is C12H11N3O2. The SMILES string of the molecule is Nc1oncc1-c1cccc2c1NC(=O)CC2. The minimum Gasteiger partial charge on any atom is -0.367 e. The molecule has 3 rings (SSSR count). The van der Waals surface area contributed by atoms with Crippen LogP contribution in [0, 0.1) is 0 Å². The number of hydrogen-bond acceptors (Lipinski definition) is 4. The van der Waals surface area contributed by atoms with Gasteiger partial charge in [0, 0.05) is 12.0 Å². The molecule has 0 radical (unpaired) electrons. The average molecular weight is 229 g/mol. The molecule has 0 saturated heterocycles. The van der Waals surface area contributed by atoms with Crippen molar-refractivity contribution in [3.63, 3.8) is 0 Å². The number of hydrogen-bond donors (Lipinski definition) is 2. The van der Waals surface area contributed by atoms with Gasteiger partial charge in [-0.25, -0.2) is 0 Å². The van der Waals surface area contributed by atoms with Gasteiger partial charge in [0.15, 0.2) is 0 Å². The number of carbonyl (C=O) groups is 1. The van der Waals surface area contributed by atoms with E-state index in [0.717, 1.165) is 23.2 Å². The van der Waals surface area contributed by atoms with Crippen molar-refractivity contribution in [2.45, 2.75) is 12.8 Å². The monoisotopic (exact) mass is 229 g/mol. The number of nitrogens with two attached hydrogens (primary N) is 1.